The Morgan fingerprint density at radius 3 is 2.58 bits per heavy atom. The zero-order chi connectivity index (χ0) is 22.6. The van der Waals surface area contributed by atoms with E-state index in [0.717, 1.165) is 16.5 Å². The summed E-state index contributed by atoms with van der Waals surface area (Å²) in [7, 11) is -2.13. The zero-order valence-corrected chi connectivity index (χ0v) is 19.0. The maximum Gasteiger partial charge on any atom is 0.337 e. The van der Waals surface area contributed by atoms with E-state index in [4.69, 9.17) is 9.47 Å². The number of aromatic nitrogens is 1. The highest BCUT2D eigenvalue weighted by atomic mass is 32.2. The fourth-order valence-corrected chi connectivity index (χ4v) is 4.69. The molecule has 0 unspecified atom stereocenters. The lowest BCUT2D eigenvalue weighted by molar-refractivity contribution is 0.0600. The van der Waals surface area contributed by atoms with Crippen LogP contribution in [-0.2, 0) is 25.9 Å². The summed E-state index contributed by atoms with van der Waals surface area (Å²) in [5.41, 5.74) is 1.37. The van der Waals surface area contributed by atoms with E-state index in [1.165, 1.54) is 42.7 Å². The lowest BCUT2D eigenvalue weighted by atomic mass is 10.2. The molecule has 1 amide bonds. The molecule has 0 spiro atoms. The van der Waals surface area contributed by atoms with E-state index in [1.54, 1.807) is 18.2 Å². The summed E-state index contributed by atoms with van der Waals surface area (Å²) in [6, 6.07) is 10.9. The van der Waals surface area contributed by atoms with Gasteiger partial charge in [0.25, 0.3) is 5.91 Å². The number of hydrogen-bond donors (Lipinski definition) is 0. The van der Waals surface area contributed by atoms with Crippen molar-refractivity contribution in [2.24, 2.45) is 4.99 Å². The molecule has 3 aromatic rings. The summed E-state index contributed by atoms with van der Waals surface area (Å²) >= 11 is 1.25. The van der Waals surface area contributed by atoms with Crippen molar-refractivity contribution in [3.05, 3.63) is 58.4 Å². The van der Waals surface area contributed by atoms with E-state index in [9.17, 15) is 18.0 Å². The minimum Gasteiger partial charge on any atom is -0.465 e. The van der Waals surface area contributed by atoms with Crippen molar-refractivity contribution < 1.29 is 27.5 Å². The molecule has 3 rings (SSSR count). The number of rotatable bonds is 7. The number of methoxy groups -OCH3 is 1. The van der Waals surface area contributed by atoms with Crippen LogP contribution in [0.4, 0.5) is 0 Å². The summed E-state index contributed by atoms with van der Waals surface area (Å²) in [5.74, 6) is -1.02. The Kier molecular flexibility index (Phi) is 7.04. The second kappa shape index (κ2) is 9.54. The fraction of sp³-hybridized carbons (Fsp3) is 0.286. The van der Waals surface area contributed by atoms with Gasteiger partial charge in [0, 0.05) is 25.0 Å². The molecule has 0 fully saturated rings. The number of nitrogens with zero attached hydrogens (tertiary/aromatic N) is 2. The van der Waals surface area contributed by atoms with E-state index < -0.39 is 21.7 Å². The number of carbonyl (C=O) groups is 2. The maximum absolute atomic E-state index is 12.8. The van der Waals surface area contributed by atoms with Crippen molar-refractivity contribution in [1.82, 2.24) is 4.57 Å². The normalized spacial score (nSPS) is 12.3. The van der Waals surface area contributed by atoms with Crippen molar-refractivity contribution in [1.29, 1.82) is 0 Å². The van der Waals surface area contributed by atoms with Crippen molar-refractivity contribution in [3.8, 4) is 0 Å². The molecule has 0 saturated heterocycles. The van der Waals surface area contributed by atoms with Crippen LogP contribution in [0, 0.1) is 0 Å². The number of benzene rings is 2. The third kappa shape index (κ3) is 5.27. The Morgan fingerprint density at radius 2 is 1.90 bits per heavy atom. The van der Waals surface area contributed by atoms with Crippen LogP contribution < -0.4 is 4.80 Å². The predicted octanol–water partition coefficient (Wildman–Crippen LogP) is 2.67. The Hall–Kier alpha value is -2.82. The molecule has 10 heteroatoms. The lowest BCUT2D eigenvalue weighted by Crippen LogP contribution is -2.19. The average Bonchev–Trinajstić information content (AvgIpc) is 3.09. The monoisotopic (exact) mass is 462 g/mol. The number of thiazole rings is 1. The molecule has 0 N–H and O–H groups in total. The van der Waals surface area contributed by atoms with Crippen molar-refractivity contribution in [3.63, 3.8) is 0 Å². The van der Waals surface area contributed by atoms with Crippen LogP contribution in [0.2, 0.25) is 0 Å². The van der Waals surface area contributed by atoms with Crippen molar-refractivity contribution in [2.75, 3.05) is 26.6 Å². The molecule has 0 bridgehead atoms. The minimum atomic E-state index is -3.45. The average molecular weight is 463 g/mol. The van der Waals surface area contributed by atoms with Gasteiger partial charge in [-0.2, -0.15) is 4.99 Å². The molecule has 1 aromatic heterocycles. The van der Waals surface area contributed by atoms with Crippen LogP contribution in [0.25, 0.3) is 10.2 Å². The molecule has 2 aromatic carbocycles. The highest BCUT2D eigenvalue weighted by molar-refractivity contribution is 7.90. The SMILES string of the molecule is CCOCCn1c(=NC(=O)c2cccc(S(C)(=O)=O)c2)sc2cc(C(=O)OC)ccc21. The highest BCUT2D eigenvalue weighted by Gasteiger charge is 2.14. The minimum absolute atomic E-state index is 0.0526. The smallest absolute Gasteiger partial charge is 0.337 e. The molecular weight excluding hydrogens is 440 g/mol. The van der Waals surface area contributed by atoms with Gasteiger partial charge < -0.3 is 14.0 Å². The van der Waals surface area contributed by atoms with E-state index in [1.807, 2.05) is 11.5 Å². The third-order valence-electron chi connectivity index (χ3n) is 4.47. The summed E-state index contributed by atoms with van der Waals surface area (Å²) in [5, 5.41) is 0. The van der Waals surface area contributed by atoms with Gasteiger partial charge in [0.2, 0.25) is 0 Å². The Labute approximate surface area is 183 Å². The topological polar surface area (TPSA) is 104 Å². The van der Waals surface area contributed by atoms with Crippen molar-refractivity contribution in [2.45, 2.75) is 18.4 Å². The number of esters is 1. The standard InChI is InChI=1S/C21H22N2O6S2/c1-4-29-11-10-23-17-9-8-15(20(25)28-2)13-18(17)30-21(23)22-19(24)14-6-5-7-16(12-14)31(3,26)27/h5-9,12-13H,4,10-11H2,1-3H3. The summed E-state index contributed by atoms with van der Waals surface area (Å²) in [6.07, 6.45) is 1.08. The number of fused-ring (bicyclic) bond motifs is 1. The Bertz CT molecular complexity index is 1300. The van der Waals surface area contributed by atoms with Gasteiger partial charge in [0.1, 0.15) is 0 Å². The first-order chi connectivity index (χ1) is 14.7. The quantitative estimate of drug-likeness (QED) is 0.395. The molecule has 8 nitrogen and oxygen atoms in total. The molecule has 0 aliphatic carbocycles. The molecule has 0 aliphatic rings. The molecule has 0 radical (unpaired) electrons. The molecule has 0 atom stereocenters. The first-order valence-electron chi connectivity index (χ1n) is 9.43. The van der Waals surface area contributed by atoms with Gasteiger partial charge in [-0.05, 0) is 43.3 Å². The summed E-state index contributed by atoms with van der Waals surface area (Å²) < 4.78 is 36.4. The maximum atomic E-state index is 12.8. The Morgan fingerprint density at radius 1 is 1.13 bits per heavy atom. The molecule has 0 saturated carbocycles. The van der Waals surface area contributed by atoms with Crippen molar-refractivity contribution >= 4 is 43.3 Å². The van der Waals surface area contributed by atoms with Crippen LogP contribution in [0.1, 0.15) is 27.6 Å². The number of hydrogen-bond acceptors (Lipinski definition) is 7. The van der Waals surface area contributed by atoms with Crippen LogP contribution in [0.5, 0.6) is 0 Å². The number of carbonyl (C=O) groups excluding carboxylic acids is 2. The van der Waals surface area contributed by atoms with Gasteiger partial charge in [-0.15, -0.1) is 0 Å². The van der Waals surface area contributed by atoms with Gasteiger partial charge in [0.15, 0.2) is 14.6 Å². The third-order valence-corrected chi connectivity index (χ3v) is 6.62. The largest absolute Gasteiger partial charge is 0.465 e. The number of ether oxygens (including phenoxy) is 2. The van der Waals surface area contributed by atoms with E-state index in [-0.39, 0.29) is 10.5 Å². The lowest BCUT2D eigenvalue weighted by Gasteiger charge is -2.06. The predicted molar refractivity (Wildman–Crippen MR) is 117 cm³/mol. The van der Waals surface area contributed by atoms with Crippen LogP contribution in [-0.4, -0.2) is 51.4 Å². The molecule has 164 valence electrons. The molecule has 0 aliphatic heterocycles. The van der Waals surface area contributed by atoms with Gasteiger partial charge in [0.05, 0.1) is 34.4 Å². The molecule has 31 heavy (non-hydrogen) atoms. The summed E-state index contributed by atoms with van der Waals surface area (Å²) in [6.45, 7) is 3.33. The first kappa shape index (κ1) is 22.9. The Balaban J connectivity index is 2.10. The van der Waals surface area contributed by atoms with Gasteiger partial charge in [-0.1, -0.05) is 17.4 Å². The van der Waals surface area contributed by atoms with E-state index in [2.05, 4.69) is 4.99 Å². The van der Waals surface area contributed by atoms with Gasteiger partial charge in [-0.25, -0.2) is 13.2 Å². The van der Waals surface area contributed by atoms with Crippen LogP contribution >= 0.6 is 11.3 Å². The molecule has 1 heterocycles. The summed E-state index contributed by atoms with van der Waals surface area (Å²) in [4.78, 5) is 29.4. The second-order valence-corrected chi connectivity index (χ2v) is 9.65. The zero-order valence-electron chi connectivity index (χ0n) is 17.3. The number of amides is 1. The fourth-order valence-electron chi connectivity index (χ4n) is 2.93. The number of sulfone groups is 1. The van der Waals surface area contributed by atoms with Crippen LogP contribution in [0.15, 0.2) is 52.4 Å². The van der Waals surface area contributed by atoms with Crippen LogP contribution in [0.3, 0.4) is 0 Å². The van der Waals surface area contributed by atoms with Gasteiger partial charge >= 0.3 is 5.97 Å². The van der Waals surface area contributed by atoms with E-state index in [0.29, 0.717) is 30.1 Å². The second-order valence-electron chi connectivity index (χ2n) is 6.62. The first-order valence-corrected chi connectivity index (χ1v) is 12.1. The van der Waals surface area contributed by atoms with Gasteiger partial charge in [-0.3, -0.25) is 4.79 Å². The highest BCUT2D eigenvalue weighted by Crippen LogP contribution is 2.20. The van der Waals surface area contributed by atoms with E-state index >= 15 is 0 Å². The molecular formula is C21H22N2O6S2.